The van der Waals surface area contributed by atoms with E-state index in [2.05, 4.69) is 0 Å². The molecule has 2 rings (SSSR count). The lowest BCUT2D eigenvalue weighted by Crippen LogP contribution is -2.01. The molecule has 0 fully saturated rings. The molecule has 0 spiro atoms. The van der Waals surface area contributed by atoms with Crippen LogP contribution in [0, 0.1) is 5.82 Å². The molecule has 0 aliphatic heterocycles. The van der Waals surface area contributed by atoms with E-state index in [1.54, 1.807) is 24.3 Å². The summed E-state index contributed by atoms with van der Waals surface area (Å²) < 4.78 is 18.2. The van der Waals surface area contributed by atoms with E-state index in [0.717, 1.165) is 0 Å². The second-order valence-corrected chi connectivity index (χ2v) is 4.23. The van der Waals surface area contributed by atoms with Gasteiger partial charge in [-0.2, -0.15) is 0 Å². The Labute approximate surface area is 110 Å². The molecule has 0 radical (unpaired) electrons. The van der Waals surface area contributed by atoms with Gasteiger partial charge >= 0.3 is 0 Å². The van der Waals surface area contributed by atoms with E-state index in [9.17, 15) is 9.50 Å². The molecule has 1 unspecified atom stereocenters. The maximum atomic E-state index is 13.3. The largest absolute Gasteiger partial charge is 0.494 e. The SMILES string of the molecule is COc1cc(C(O)c2ccccc2Cl)ccc1F. The number of ether oxygens (including phenoxy) is 1. The van der Waals surface area contributed by atoms with E-state index in [0.29, 0.717) is 16.1 Å². The zero-order valence-corrected chi connectivity index (χ0v) is 10.5. The summed E-state index contributed by atoms with van der Waals surface area (Å²) in [6.45, 7) is 0. The number of methoxy groups -OCH3 is 1. The van der Waals surface area contributed by atoms with Crippen molar-refractivity contribution >= 4 is 11.6 Å². The summed E-state index contributed by atoms with van der Waals surface area (Å²) in [6.07, 6.45) is -0.909. The Morgan fingerprint density at radius 1 is 1.22 bits per heavy atom. The van der Waals surface area contributed by atoms with Crippen molar-refractivity contribution in [1.29, 1.82) is 0 Å². The molecule has 0 aliphatic rings. The van der Waals surface area contributed by atoms with Crippen LogP contribution in [-0.4, -0.2) is 12.2 Å². The molecule has 2 nitrogen and oxygen atoms in total. The minimum atomic E-state index is -0.909. The number of hydrogen-bond donors (Lipinski definition) is 1. The number of benzene rings is 2. The zero-order valence-electron chi connectivity index (χ0n) is 9.73. The van der Waals surface area contributed by atoms with Gasteiger partial charge in [0.1, 0.15) is 6.10 Å². The number of aliphatic hydroxyl groups is 1. The molecule has 4 heteroatoms. The number of aliphatic hydroxyl groups excluding tert-OH is 1. The highest BCUT2D eigenvalue weighted by molar-refractivity contribution is 6.31. The van der Waals surface area contributed by atoms with Crippen LogP contribution in [0.5, 0.6) is 5.75 Å². The fraction of sp³-hybridized carbons (Fsp3) is 0.143. The minimum Gasteiger partial charge on any atom is -0.494 e. The Kier molecular flexibility index (Phi) is 3.84. The maximum Gasteiger partial charge on any atom is 0.165 e. The molecule has 1 atom stereocenters. The van der Waals surface area contributed by atoms with Crippen LogP contribution >= 0.6 is 11.6 Å². The van der Waals surface area contributed by atoms with Crippen LogP contribution in [0.25, 0.3) is 0 Å². The van der Waals surface area contributed by atoms with Gasteiger partial charge in [-0.1, -0.05) is 35.9 Å². The Hall–Kier alpha value is -1.58. The highest BCUT2D eigenvalue weighted by Crippen LogP contribution is 2.30. The third-order valence-corrected chi connectivity index (χ3v) is 3.03. The van der Waals surface area contributed by atoms with Crippen LogP contribution < -0.4 is 4.74 Å². The van der Waals surface area contributed by atoms with Crippen molar-refractivity contribution in [3.63, 3.8) is 0 Å². The van der Waals surface area contributed by atoms with Crippen molar-refractivity contribution in [1.82, 2.24) is 0 Å². The second-order valence-electron chi connectivity index (χ2n) is 3.82. The summed E-state index contributed by atoms with van der Waals surface area (Å²) >= 11 is 6.01. The van der Waals surface area contributed by atoms with Crippen molar-refractivity contribution in [2.45, 2.75) is 6.10 Å². The molecule has 0 saturated heterocycles. The molecule has 0 aliphatic carbocycles. The molecule has 1 N–H and O–H groups in total. The fourth-order valence-corrected chi connectivity index (χ4v) is 1.96. The van der Waals surface area contributed by atoms with Crippen molar-refractivity contribution in [3.05, 3.63) is 64.4 Å². The molecule has 0 amide bonds. The van der Waals surface area contributed by atoms with E-state index in [1.807, 2.05) is 0 Å². The average molecular weight is 267 g/mol. The molecule has 2 aromatic carbocycles. The first-order chi connectivity index (χ1) is 8.63. The first kappa shape index (κ1) is 12.9. The van der Waals surface area contributed by atoms with Gasteiger partial charge in [-0.15, -0.1) is 0 Å². The fourth-order valence-electron chi connectivity index (χ4n) is 1.72. The topological polar surface area (TPSA) is 29.5 Å². The average Bonchev–Trinajstić information content (AvgIpc) is 2.39. The lowest BCUT2D eigenvalue weighted by Gasteiger charge is -2.14. The van der Waals surface area contributed by atoms with E-state index >= 15 is 0 Å². The molecule has 18 heavy (non-hydrogen) atoms. The van der Waals surface area contributed by atoms with Crippen molar-refractivity contribution < 1.29 is 14.2 Å². The van der Waals surface area contributed by atoms with Gasteiger partial charge in [0.25, 0.3) is 0 Å². The van der Waals surface area contributed by atoms with Gasteiger partial charge in [-0.05, 0) is 23.8 Å². The van der Waals surface area contributed by atoms with E-state index < -0.39 is 11.9 Å². The van der Waals surface area contributed by atoms with Crippen LogP contribution in [-0.2, 0) is 0 Å². The Bertz CT molecular complexity index is 557. The lowest BCUT2D eigenvalue weighted by molar-refractivity contribution is 0.219. The second kappa shape index (κ2) is 5.38. The van der Waals surface area contributed by atoms with Gasteiger partial charge < -0.3 is 9.84 Å². The maximum absolute atomic E-state index is 13.3. The molecule has 0 saturated carbocycles. The predicted octanol–water partition coefficient (Wildman–Crippen LogP) is 3.57. The first-order valence-electron chi connectivity index (χ1n) is 5.39. The van der Waals surface area contributed by atoms with Gasteiger partial charge in [0.2, 0.25) is 0 Å². The van der Waals surface area contributed by atoms with Crippen molar-refractivity contribution in [2.24, 2.45) is 0 Å². The molecule has 94 valence electrons. The molecule has 0 heterocycles. The van der Waals surface area contributed by atoms with Gasteiger partial charge in [0.15, 0.2) is 11.6 Å². The molecular formula is C14H12ClFO2. The van der Waals surface area contributed by atoms with E-state index in [4.69, 9.17) is 16.3 Å². The Balaban J connectivity index is 2.40. The number of rotatable bonds is 3. The van der Waals surface area contributed by atoms with Crippen LogP contribution in [0.15, 0.2) is 42.5 Å². The summed E-state index contributed by atoms with van der Waals surface area (Å²) in [5, 5.41) is 10.7. The lowest BCUT2D eigenvalue weighted by atomic mass is 10.0. The van der Waals surface area contributed by atoms with Gasteiger partial charge in [0.05, 0.1) is 7.11 Å². The predicted molar refractivity (Wildman–Crippen MR) is 68.5 cm³/mol. The minimum absolute atomic E-state index is 0.0959. The smallest absolute Gasteiger partial charge is 0.165 e. The third-order valence-electron chi connectivity index (χ3n) is 2.69. The normalized spacial score (nSPS) is 12.2. The summed E-state index contributed by atoms with van der Waals surface area (Å²) in [7, 11) is 1.38. The summed E-state index contributed by atoms with van der Waals surface area (Å²) in [6, 6.07) is 11.2. The van der Waals surface area contributed by atoms with Crippen LogP contribution in [0.1, 0.15) is 17.2 Å². The van der Waals surface area contributed by atoms with Gasteiger partial charge in [0, 0.05) is 10.6 Å². The van der Waals surface area contributed by atoms with Gasteiger partial charge in [-0.3, -0.25) is 0 Å². The van der Waals surface area contributed by atoms with Crippen molar-refractivity contribution in [3.8, 4) is 5.75 Å². The van der Waals surface area contributed by atoms with Crippen LogP contribution in [0.4, 0.5) is 4.39 Å². The summed E-state index contributed by atoms with van der Waals surface area (Å²) in [5.74, 6) is -0.369. The monoisotopic (exact) mass is 266 g/mol. The summed E-state index contributed by atoms with van der Waals surface area (Å²) in [5.41, 5.74) is 1.11. The number of halogens is 2. The molecule has 0 bridgehead atoms. The Morgan fingerprint density at radius 3 is 2.61 bits per heavy atom. The standard InChI is InChI=1S/C14H12ClFO2/c1-18-13-8-9(6-7-12(13)16)14(17)10-4-2-3-5-11(10)15/h2-8,14,17H,1H3. The number of hydrogen-bond acceptors (Lipinski definition) is 2. The Morgan fingerprint density at radius 2 is 1.94 bits per heavy atom. The highest BCUT2D eigenvalue weighted by Gasteiger charge is 2.15. The van der Waals surface area contributed by atoms with E-state index in [1.165, 1.54) is 25.3 Å². The molecule has 2 aromatic rings. The zero-order chi connectivity index (χ0) is 13.1. The highest BCUT2D eigenvalue weighted by atomic mass is 35.5. The molecule has 0 aromatic heterocycles. The third kappa shape index (κ3) is 2.47. The van der Waals surface area contributed by atoms with Crippen LogP contribution in [0.2, 0.25) is 5.02 Å². The summed E-state index contributed by atoms with van der Waals surface area (Å²) in [4.78, 5) is 0. The van der Waals surface area contributed by atoms with Gasteiger partial charge in [-0.25, -0.2) is 4.39 Å². The first-order valence-corrected chi connectivity index (χ1v) is 5.77. The molecular weight excluding hydrogens is 255 g/mol. The van der Waals surface area contributed by atoms with Crippen LogP contribution in [0.3, 0.4) is 0 Å². The quantitative estimate of drug-likeness (QED) is 0.920. The van der Waals surface area contributed by atoms with Crippen molar-refractivity contribution in [2.75, 3.05) is 7.11 Å². The van der Waals surface area contributed by atoms with E-state index in [-0.39, 0.29) is 5.75 Å².